The van der Waals surface area contributed by atoms with Crippen LogP contribution in [0.4, 0.5) is 0 Å². The molecule has 7 aromatic carbocycles. The molecule has 0 spiro atoms. The molecule has 0 atom stereocenters. The lowest BCUT2D eigenvalue weighted by atomic mass is 9.99. The summed E-state index contributed by atoms with van der Waals surface area (Å²) in [6, 6.07) is 49.8. The Hall–Kier alpha value is -5.64. The molecule has 0 bridgehead atoms. The topological polar surface area (TPSA) is 8.82 Å². The zero-order valence-electron chi connectivity index (χ0n) is 24.0. The maximum Gasteiger partial charge on any atom is 0.0627 e. The van der Waals surface area contributed by atoms with Crippen LogP contribution in [-0.2, 0) is 0 Å². The Kier molecular flexibility index (Phi) is 3.91. The molecular weight excluding hydrogens is 565 g/mol. The average molecular weight is 587 g/mol. The summed E-state index contributed by atoms with van der Waals surface area (Å²) in [4.78, 5) is 0. The number of para-hydroxylation sites is 2. The van der Waals surface area contributed by atoms with Crippen LogP contribution in [0.25, 0.3) is 107 Å². The Balaban J connectivity index is 1.34. The van der Waals surface area contributed by atoms with Crippen molar-refractivity contribution in [1.82, 2.24) is 8.80 Å². The standard InChI is InChI=1S/C42H22N2S/c1-2-9-23(10-3-1)24-17-18-34-32(19-24)40-39-28-12-5-7-16-37(28)45-38(39)22-31-30-21-35-29(20-36(30)44(34)42(31)40)27-14-8-13-26-25-11-4-6-15-33(25)43(35)41(26)27/h1-22H. The van der Waals surface area contributed by atoms with Crippen molar-refractivity contribution >= 4 is 108 Å². The van der Waals surface area contributed by atoms with E-state index in [9.17, 15) is 0 Å². The first-order valence-corrected chi connectivity index (χ1v) is 16.3. The first-order valence-electron chi connectivity index (χ1n) is 15.5. The van der Waals surface area contributed by atoms with E-state index < -0.39 is 0 Å². The van der Waals surface area contributed by atoms with Gasteiger partial charge in [-0.25, -0.2) is 0 Å². The lowest BCUT2D eigenvalue weighted by Gasteiger charge is -2.05. The smallest absolute Gasteiger partial charge is 0.0627 e. The summed E-state index contributed by atoms with van der Waals surface area (Å²) in [6.45, 7) is 0. The van der Waals surface area contributed by atoms with Crippen LogP contribution in [0.1, 0.15) is 0 Å². The van der Waals surface area contributed by atoms with Gasteiger partial charge in [0.25, 0.3) is 0 Å². The molecule has 2 nitrogen and oxygen atoms in total. The van der Waals surface area contributed by atoms with Crippen molar-refractivity contribution in [3.05, 3.63) is 133 Å². The highest BCUT2D eigenvalue weighted by Gasteiger charge is 2.25. The molecule has 0 saturated heterocycles. The van der Waals surface area contributed by atoms with E-state index in [4.69, 9.17) is 0 Å². The lowest BCUT2D eigenvalue weighted by molar-refractivity contribution is 1.36. The number of rotatable bonds is 1. The van der Waals surface area contributed by atoms with Crippen molar-refractivity contribution in [1.29, 1.82) is 0 Å². The van der Waals surface area contributed by atoms with Crippen LogP contribution >= 0.6 is 11.3 Å². The second-order valence-corrected chi connectivity index (χ2v) is 13.6. The van der Waals surface area contributed by atoms with Crippen LogP contribution in [0.2, 0.25) is 0 Å². The maximum atomic E-state index is 2.56. The molecule has 3 heteroatoms. The molecule has 0 aliphatic rings. The third-order valence-corrected chi connectivity index (χ3v) is 11.5. The van der Waals surface area contributed by atoms with Gasteiger partial charge in [-0.15, -0.1) is 11.3 Å². The Bertz CT molecular complexity index is 3190. The predicted molar refractivity (Wildman–Crippen MR) is 194 cm³/mol. The van der Waals surface area contributed by atoms with Crippen LogP contribution in [0.15, 0.2) is 133 Å². The Morgan fingerprint density at radius 3 is 1.87 bits per heavy atom. The molecule has 5 heterocycles. The second-order valence-electron chi connectivity index (χ2n) is 12.5. The fraction of sp³-hybridized carbons (Fsp3) is 0. The summed E-state index contributed by atoms with van der Waals surface area (Å²) in [7, 11) is 0. The van der Waals surface area contributed by atoms with Gasteiger partial charge in [0.2, 0.25) is 0 Å². The normalized spacial score (nSPS) is 12.9. The van der Waals surface area contributed by atoms with Crippen LogP contribution in [-0.4, -0.2) is 8.80 Å². The van der Waals surface area contributed by atoms with Gasteiger partial charge in [-0.3, -0.25) is 0 Å². The quantitative estimate of drug-likeness (QED) is 0.181. The highest BCUT2D eigenvalue weighted by atomic mass is 32.1. The molecule has 45 heavy (non-hydrogen) atoms. The zero-order chi connectivity index (χ0) is 29.0. The Morgan fingerprint density at radius 1 is 0.333 bits per heavy atom. The molecule has 12 rings (SSSR count). The van der Waals surface area contributed by atoms with E-state index in [0.717, 1.165) is 0 Å². The van der Waals surface area contributed by atoms with Gasteiger partial charge >= 0.3 is 0 Å². The summed E-state index contributed by atoms with van der Waals surface area (Å²) in [5, 5.41) is 13.4. The van der Waals surface area contributed by atoms with Gasteiger partial charge in [0.15, 0.2) is 0 Å². The molecule has 0 N–H and O–H groups in total. The monoisotopic (exact) mass is 586 g/mol. The van der Waals surface area contributed by atoms with Crippen LogP contribution in [0.3, 0.4) is 0 Å². The predicted octanol–water partition coefficient (Wildman–Crippen LogP) is 12.0. The van der Waals surface area contributed by atoms with Crippen molar-refractivity contribution in [2.24, 2.45) is 0 Å². The average Bonchev–Trinajstić information content (AvgIpc) is 3.88. The van der Waals surface area contributed by atoms with E-state index in [1.165, 1.54) is 107 Å². The SMILES string of the molecule is c1ccc(-c2ccc3c(c2)c2c4c(cc5c6cc7c(cc6n3c52)c2cccc3c5ccccc5n7c32)sc2ccccc24)cc1. The number of hydrogen-bond acceptors (Lipinski definition) is 1. The molecule has 0 aliphatic heterocycles. The summed E-state index contributed by atoms with van der Waals surface area (Å²) >= 11 is 1.92. The van der Waals surface area contributed by atoms with Gasteiger partial charge in [-0.05, 0) is 53.6 Å². The van der Waals surface area contributed by atoms with Gasteiger partial charge in [-0.1, -0.05) is 91.0 Å². The third-order valence-electron chi connectivity index (χ3n) is 10.3. The second kappa shape index (κ2) is 7.71. The van der Waals surface area contributed by atoms with Gasteiger partial charge in [0.1, 0.15) is 0 Å². The minimum absolute atomic E-state index is 1.25. The molecule has 0 aliphatic carbocycles. The van der Waals surface area contributed by atoms with Crippen LogP contribution in [0, 0.1) is 0 Å². The van der Waals surface area contributed by atoms with E-state index in [0.29, 0.717) is 0 Å². The number of hydrogen-bond donors (Lipinski definition) is 0. The van der Waals surface area contributed by atoms with Crippen LogP contribution in [0.5, 0.6) is 0 Å². The molecule has 0 amide bonds. The largest absolute Gasteiger partial charge is 0.308 e. The van der Waals surface area contributed by atoms with Gasteiger partial charge in [0.05, 0.1) is 33.1 Å². The van der Waals surface area contributed by atoms with Crippen molar-refractivity contribution in [3.8, 4) is 11.1 Å². The lowest BCUT2D eigenvalue weighted by Crippen LogP contribution is -1.83. The number of aromatic nitrogens is 2. The first kappa shape index (κ1) is 22.8. The van der Waals surface area contributed by atoms with E-state index in [-0.39, 0.29) is 0 Å². The number of benzene rings is 7. The number of nitrogens with zero attached hydrogens (tertiary/aromatic N) is 2. The van der Waals surface area contributed by atoms with Crippen molar-refractivity contribution in [2.45, 2.75) is 0 Å². The van der Waals surface area contributed by atoms with E-state index in [1.807, 2.05) is 11.3 Å². The zero-order valence-corrected chi connectivity index (χ0v) is 24.8. The van der Waals surface area contributed by atoms with Crippen molar-refractivity contribution in [3.63, 3.8) is 0 Å². The fourth-order valence-electron chi connectivity index (χ4n) is 8.55. The third kappa shape index (κ3) is 2.61. The maximum absolute atomic E-state index is 2.56. The highest BCUT2D eigenvalue weighted by Crippen LogP contribution is 2.49. The summed E-state index contributed by atoms with van der Waals surface area (Å²) in [6.07, 6.45) is 0. The molecule has 0 saturated carbocycles. The molecule has 12 aromatic rings. The van der Waals surface area contributed by atoms with Gasteiger partial charge in [0, 0.05) is 63.3 Å². The molecule has 5 aromatic heterocycles. The van der Waals surface area contributed by atoms with Crippen molar-refractivity contribution in [2.75, 3.05) is 0 Å². The van der Waals surface area contributed by atoms with Gasteiger partial charge in [-0.2, -0.15) is 0 Å². The van der Waals surface area contributed by atoms with E-state index >= 15 is 0 Å². The van der Waals surface area contributed by atoms with Crippen LogP contribution < -0.4 is 0 Å². The summed E-state index contributed by atoms with van der Waals surface area (Å²) in [5.41, 5.74) is 10.3. The fourth-order valence-corrected chi connectivity index (χ4v) is 9.71. The number of thiophene rings is 1. The molecule has 206 valence electrons. The molecular formula is C42H22N2S. The number of fused-ring (bicyclic) bond motifs is 16. The van der Waals surface area contributed by atoms with Gasteiger partial charge < -0.3 is 8.80 Å². The Labute approximate surface area is 260 Å². The first-order chi connectivity index (χ1) is 22.3. The summed E-state index contributed by atoms with van der Waals surface area (Å²) < 4.78 is 7.76. The van der Waals surface area contributed by atoms with Crippen molar-refractivity contribution < 1.29 is 0 Å². The Morgan fingerprint density at radius 2 is 1.00 bits per heavy atom. The van der Waals surface area contributed by atoms with E-state index in [2.05, 4.69) is 142 Å². The molecule has 0 fully saturated rings. The molecule has 0 radical (unpaired) electrons. The molecule has 0 unspecified atom stereocenters. The minimum atomic E-state index is 1.25. The van der Waals surface area contributed by atoms with E-state index in [1.54, 1.807) is 0 Å². The minimum Gasteiger partial charge on any atom is -0.308 e. The summed E-state index contributed by atoms with van der Waals surface area (Å²) in [5.74, 6) is 0. The highest BCUT2D eigenvalue weighted by molar-refractivity contribution is 7.26.